The fraction of sp³-hybridized carbons (Fsp3) is 0.333. The first-order valence-electron chi connectivity index (χ1n) is 9.27. The number of amides is 3. The Morgan fingerprint density at radius 3 is 2.41 bits per heavy atom. The SMILES string of the molecule is C[C@@H](C(=O)N1CCCC[C@@H]1c1cccnc1)N1C(=O)c2ccccc2C1=O. The number of imide groups is 1. The lowest BCUT2D eigenvalue weighted by molar-refractivity contribution is -0.138. The zero-order chi connectivity index (χ0) is 19.0. The average Bonchev–Trinajstić information content (AvgIpc) is 2.98. The molecule has 6 heteroatoms. The second kappa shape index (κ2) is 6.95. The van der Waals surface area contributed by atoms with Gasteiger partial charge in [-0.05, 0) is 49.9 Å². The van der Waals surface area contributed by atoms with Crippen molar-refractivity contribution in [1.29, 1.82) is 0 Å². The number of hydrogen-bond acceptors (Lipinski definition) is 4. The first-order chi connectivity index (χ1) is 13.1. The Morgan fingerprint density at radius 2 is 1.78 bits per heavy atom. The van der Waals surface area contributed by atoms with E-state index < -0.39 is 17.9 Å². The zero-order valence-corrected chi connectivity index (χ0v) is 15.2. The molecule has 4 rings (SSSR count). The summed E-state index contributed by atoms with van der Waals surface area (Å²) in [6, 6.07) is 9.63. The molecule has 0 unspecified atom stereocenters. The number of piperidine rings is 1. The Labute approximate surface area is 157 Å². The van der Waals surface area contributed by atoms with Gasteiger partial charge in [0.15, 0.2) is 0 Å². The first-order valence-corrected chi connectivity index (χ1v) is 9.27. The van der Waals surface area contributed by atoms with Crippen molar-refractivity contribution in [2.24, 2.45) is 0 Å². The van der Waals surface area contributed by atoms with Crippen LogP contribution in [0.1, 0.15) is 58.5 Å². The summed E-state index contributed by atoms with van der Waals surface area (Å²) in [6.07, 6.45) is 6.29. The molecule has 1 fully saturated rings. The van der Waals surface area contributed by atoms with Crippen molar-refractivity contribution in [1.82, 2.24) is 14.8 Å². The molecule has 0 aliphatic carbocycles. The van der Waals surface area contributed by atoms with Gasteiger partial charge in [-0.2, -0.15) is 0 Å². The van der Waals surface area contributed by atoms with Crippen LogP contribution in [-0.4, -0.2) is 45.1 Å². The van der Waals surface area contributed by atoms with E-state index in [1.54, 1.807) is 48.5 Å². The highest BCUT2D eigenvalue weighted by atomic mass is 16.2. The molecule has 6 nitrogen and oxygen atoms in total. The maximum Gasteiger partial charge on any atom is 0.262 e. The topological polar surface area (TPSA) is 70.6 Å². The second-order valence-electron chi connectivity index (χ2n) is 7.03. The predicted octanol–water partition coefficient (Wildman–Crippen LogP) is 2.82. The summed E-state index contributed by atoms with van der Waals surface area (Å²) < 4.78 is 0. The van der Waals surface area contributed by atoms with Crippen molar-refractivity contribution in [2.75, 3.05) is 6.54 Å². The van der Waals surface area contributed by atoms with E-state index in [1.807, 2.05) is 12.1 Å². The molecular formula is C21H21N3O3. The molecule has 138 valence electrons. The lowest BCUT2D eigenvalue weighted by Gasteiger charge is -2.38. The molecule has 1 saturated heterocycles. The number of benzene rings is 1. The van der Waals surface area contributed by atoms with Crippen LogP contribution in [-0.2, 0) is 4.79 Å². The summed E-state index contributed by atoms with van der Waals surface area (Å²) in [5.74, 6) is -0.990. The molecule has 0 N–H and O–H groups in total. The third kappa shape index (κ3) is 2.91. The normalized spacial score (nSPS) is 20.6. The standard InChI is InChI=1S/C21H21N3O3/c1-14(24-20(26)16-8-2-3-9-17(16)21(24)27)19(25)23-12-5-4-10-18(23)15-7-6-11-22-13-15/h2-3,6-9,11,13-14,18H,4-5,10,12H2,1H3/t14-,18+/m0/s1. The molecule has 1 aromatic heterocycles. The van der Waals surface area contributed by atoms with Crippen LogP contribution in [0.3, 0.4) is 0 Å². The lowest BCUT2D eigenvalue weighted by atomic mass is 9.95. The van der Waals surface area contributed by atoms with Gasteiger partial charge < -0.3 is 4.90 Å². The fourth-order valence-corrected chi connectivity index (χ4v) is 4.03. The number of hydrogen-bond donors (Lipinski definition) is 0. The highest BCUT2D eigenvalue weighted by molar-refractivity contribution is 6.22. The monoisotopic (exact) mass is 363 g/mol. The quantitative estimate of drug-likeness (QED) is 0.786. The summed E-state index contributed by atoms with van der Waals surface area (Å²) in [4.78, 5) is 45.8. The van der Waals surface area contributed by atoms with E-state index >= 15 is 0 Å². The summed E-state index contributed by atoms with van der Waals surface area (Å²) >= 11 is 0. The van der Waals surface area contributed by atoms with Gasteiger partial charge in [-0.15, -0.1) is 0 Å². The summed E-state index contributed by atoms with van der Waals surface area (Å²) in [5.41, 5.74) is 1.72. The van der Waals surface area contributed by atoms with Crippen molar-refractivity contribution in [3.63, 3.8) is 0 Å². The van der Waals surface area contributed by atoms with Crippen molar-refractivity contribution in [3.05, 3.63) is 65.5 Å². The molecule has 0 radical (unpaired) electrons. The van der Waals surface area contributed by atoms with E-state index in [0.29, 0.717) is 17.7 Å². The predicted molar refractivity (Wildman–Crippen MR) is 98.9 cm³/mol. The van der Waals surface area contributed by atoms with Crippen LogP contribution in [0.5, 0.6) is 0 Å². The Hall–Kier alpha value is -3.02. The molecular weight excluding hydrogens is 342 g/mol. The number of aromatic nitrogens is 1. The Bertz CT molecular complexity index is 862. The van der Waals surface area contributed by atoms with Crippen molar-refractivity contribution < 1.29 is 14.4 Å². The van der Waals surface area contributed by atoms with E-state index in [2.05, 4.69) is 4.98 Å². The van der Waals surface area contributed by atoms with Crippen LogP contribution in [0.15, 0.2) is 48.8 Å². The van der Waals surface area contributed by atoms with Gasteiger partial charge in [0.05, 0.1) is 17.2 Å². The zero-order valence-electron chi connectivity index (χ0n) is 15.2. The molecule has 3 amide bonds. The molecule has 2 aliphatic heterocycles. The highest BCUT2D eigenvalue weighted by Crippen LogP contribution is 2.32. The molecule has 2 aliphatic rings. The number of carbonyl (C=O) groups excluding carboxylic acids is 3. The van der Waals surface area contributed by atoms with E-state index in [-0.39, 0.29) is 11.9 Å². The fourth-order valence-electron chi connectivity index (χ4n) is 4.03. The van der Waals surface area contributed by atoms with Crippen LogP contribution in [0.2, 0.25) is 0 Å². The maximum atomic E-state index is 13.3. The van der Waals surface area contributed by atoms with Crippen molar-refractivity contribution in [3.8, 4) is 0 Å². The summed E-state index contributed by atoms with van der Waals surface area (Å²) in [7, 11) is 0. The maximum absolute atomic E-state index is 13.3. The molecule has 0 saturated carbocycles. The highest BCUT2D eigenvalue weighted by Gasteiger charge is 2.43. The largest absolute Gasteiger partial charge is 0.334 e. The molecule has 1 aromatic carbocycles. The number of likely N-dealkylation sites (tertiary alicyclic amines) is 1. The van der Waals surface area contributed by atoms with Gasteiger partial charge in [-0.25, -0.2) is 0 Å². The Morgan fingerprint density at radius 1 is 1.07 bits per heavy atom. The first kappa shape index (κ1) is 17.4. The third-order valence-corrected chi connectivity index (χ3v) is 5.43. The lowest BCUT2D eigenvalue weighted by Crippen LogP contribution is -2.51. The van der Waals surface area contributed by atoms with Gasteiger partial charge in [-0.3, -0.25) is 24.3 Å². The van der Waals surface area contributed by atoms with Crippen LogP contribution in [0.25, 0.3) is 0 Å². The van der Waals surface area contributed by atoms with Gasteiger partial charge in [0.25, 0.3) is 11.8 Å². The van der Waals surface area contributed by atoms with Gasteiger partial charge in [0.2, 0.25) is 5.91 Å². The van der Waals surface area contributed by atoms with Crippen LogP contribution in [0, 0.1) is 0 Å². The van der Waals surface area contributed by atoms with Crippen LogP contribution < -0.4 is 0 Å². The number of nitrogens with zero attached hydrogens (tertiary/aromatic N) is 3. The molecule has 0 bridgehead atoms. The molecule has 2 atom stereocenters. The minimum absolute atomic E-state index is 0.0717. The minimum Gasteiger partial charge on any atom is -0.334 e. The smallest absolute Gasteiger partial charge is 0.262 e. The van der Waals surface area contributed by atoms with Gasteiger partial charge >= 0.3 is 0 Å². The minimum atomic E-state index is -0.838. The number of rotatable bonds is 3. The van der Waals surface area contributed by atoms with Gasteiger partial charge in [-0.1, -0.05) is 18.2 Å². The molecule has 27 heavy (non-hydrogen) atoms. The number of pyridine rings is 1. The Balaban J connectivity index is 1.60. The molecule has 0 spiro atoms. The molecule has 3 heterocycles. The van der Waals surface area contributed by atoms with Gasteiger partial charge in [0.1, 0.15) is 6.04 Å². The van der Waals surface area contributed by atoms with Gasteiger partial charge in [0, 0.05) is 18.9 Å². The summed E-state index contributed by atoms with van der Waals surface area (Å²) in [5, 5.41) is 0. The van der Waals surface area contributed by atoms with E-state index in [9.17, 15) is 14.4 Å². The van der Waals surface area contributed by atoms with Crippen LogP contribution >= 0.6 is 0 Å². The van der Waals surface area contributed by atoms with E-state index in [4.69, 9.17) is 0 Å². The van der Waals surface area contributed by atoms with E-state index in [1.165, 1.54) is 0 Å². The second-order valence-corrected chi connectivity index (χ2v) is 7.03. The Kier molecular flexibility index (Phi) is 4.48. The average molecular weight is 363 g/mol. The number of fused-ring (bicyclic) bond motifs is 1. The number of carbonyl (C=O) groups is 3. The molecule has 2 aromatic rings. The van der Waals surface area contributed by atoms with Crippen molar-refractivity contribution >= 4 is 17.7 Å². The van der Waals surface area contributed by atoms with E-state index in [0.717, 1.165) is 29.7 Å². The summed E-state index contributed by atoms with van der Waals surface area (Å²) in [6.45, 7) is 2.25. The van der Waals surface area contributed by atoms with Crippen molar-refractivity contribution in [2.45, 2.75) is 38.3 Å². The van der Waals surface area contributed by atoms with Crippen LogP contribution in [0.4, 0.5) is 0 Å². The third-order valence-electron chi connectivity index (χ3n) is 5.43.